The van der Waals surface area contributed by atoms with E-state index in [1.54, 1.807) is 0 Å². The number of imide groups is 1. The van der Waals surface area contributed by atoms with Crippen molar-refractivity contribution in [1.29, 1.82) is 0 Å². The minimum Gasteiger partial charge on any atom is -0.335 e. The van der Waals surface area contributed by atoms with Gasteiger partial charge in [0.05, 0.1) is 5.75 Å². The topological polar surface area (TPSA) is 99.8 Å². The van der Waals surface area contributed by atoms with E-state index in [1.165, 1.54) is 24.5 Å². The van der Waals surface area contributed by atoms with Crippen molar-refractivity contribution < 1.29 is 9.59 Å². The van der Waals surface area contributed by atoms with Gasteiger partial charge in [-0.05, 0) is 18.8 Å². The summed E-state index contributed by atoms with van der Waals surface area (Å²) in [7, 11) is 0. The van der Waals surface area contributed by atoms with Gasteiger partial charge in [0.15, 0.2) is 5.16 Å². The van der Waals surface area contributed by atoms with Gasteiger partial charge in [-0.3, -0.25) is 15.2 Å². The molecule has 20 heavy (non-hydrogen) atoms. The Hall–Kier alpha value is -1.57. The van der Waals surface area contributed by atoms with E-state index in [4.69, 9.17) is 0 Å². The summed E-state index contributed by atoms with van der Waals surface area (Å²) in [5.74, 6) is 0.253. The molecule has 1 aromatic heterocycles. The van der Waals surface area contributed by atoms with Gasteiger partial charge in [0.1, 0.15) is 6.33 Å². The zero-order valence-corrected chi connectivity index (χ0v) is 12.2. The molecule has 1 aliphatic carbocycles. The van der Waals surface area contributed by atoms with Gasteiger partial charge < -0.3 is 5.32 Å². The average molecular weight is 297 g/mol. The largest absolute Gasteiger partial charge is 0.335 e. The molecule has 1 fully saturated rings. The second-order valence-corrected chi connectivity index (χ2v) is 5.93. The van der Waals surface area contributed by atoms with Gasteiger partial charge in [0.2, 0.25) is 5.91 Å². The fourth-order valence-electron chi connectivity index (χ4n) is 2.30. The average Bonchev–Trinajstić information content (AvgIpc) is 2.92. The van der Waals surface area contributed by atoms with Crippen molar-refractivity contribution >= 4 is 23.7 Å². The van der Waals surface area contributed by atoms with Crippen LogP contribution < -0.4 is 10.6 Å². The molecule has 0 bridgehead atoms. The summed E-state index contributed by atoms with van der Waals surface area (Å²) >= 11 is 1.20. The fourth-order valence-corrected chi connectivity index (χ4v) is 2.87. The molecular formula is C12H19N5O2S. The first kappa shape index (κ1) is 14.8. The standard InChI is InChI=1S/C12H19N5O2S/c1-8-4-2-3-5-9(8)15-11(19)16-10(18)6-20-12-13-7-14-17-12/h7-9H,2-6H2,1H3,(H,13,14,17)(H2,15,16,18,19)/t8-,9-/m1/s1. The summed E-state index contributed by atoms with van der Waals surface area (Å²) in [5.41, 5.74) is 0. The first-order valence-electron chi connectivity index (χ1n) is 6.73. The number of H-pyrrole nitrogens is 1. The van der Waals surface area contributed by atoms with E-state index < -0.39 is 6.03 Å². The molecule has 0 spiro atoms. The third kappa shape index (κ3) is 4.52. The predicted octanol–water partition coefficient (Wildman–Crippen LogP) is 1.30. The van der Waals surface area contributed by atoms with Crippen LogP contribution >= 0.6 is 11.8 Å². The van der Waals surface area contributed by atoms with E-state index in [0.717, 1.165) is 19.3 Å². The lowest BCUT2D eigenvalue weighted by atomic mass is 9.86. The number of thioether (sulfide) groups is 1. The maximum Gasteiger partial charge on any atom is 0.321 e. The number of carbonyl (C=O) groups excluding carboxylic acids is 2. The predicted molar refractivity (Wildman–Crippen MR) is 75.2 cm³/mol. The zero-order valence-electron chi connectivity index (χ0n) is 11.4. The van der Waals surface area contributed by atoms with Gasteiger partial charge in [-0.2, -0.15) is 5.10 Å². The van der Waals surface area contributed by atoms with E-state index in [-0.39, 0.29) is 17.7 Å². The molecule has 7 nitrogen and oxygen atoms in total. The molecule has 0 unspecified atom stereocenters. The van der Waals surface area contributed by atoms with Crippen molar-refractivity contribution in [2.45, 2.75) is 43.8 Å². The van der Waals surface area contributed by atoms with Crippen molar-refractivity contribution in [2.24, 2.45) is 5.92 Å². The maximum absolute atomic E-state index is 11.7. The maximum atomic E-state index is 11.7. The minimum absolute atomic E-state index is 0.128. The van der Waals surface area contributed by atoms with Crippen LogP contribution in [0.5, 0.6) is 0 Å². The van der Waals surface area contributed by atoms with E-state index >= 15 is 0 Å². The highest BCUT2D eigenvalue weighted by Crippen LogP contribution is 2.23. The second kappa shape index (κ2) is 7.28. The van der Waals surface area contributed by atoms with Crippen LogP contribution in [-0.2, 0) is 4.79 Å². The van der Waals surface area contributed by atoms with Crippen molar-refractivity contribution in [1.82, 2.24) is 25.8 Å². The van der Waals surface area contributed by atoms with Crippen LogP contribution in [0.1, 0.15) is 32.6 Å². The summed E-state index contributed by atoms with van der Waals surface area (Å²) in [6, 6.07) is -0.245. The number of hydrogen-bond donors (Lipinski definition) is 3. The highest BCUT2D eigenvalue weighted by molar-refractivity contribution is 7.99. The Labute approximate surface area is 121 Å². The lowest BCUT2D eigenvalue weighted by molar-refractivity contribution is -0.117. The molecule has 1 saturated carbocycles. The molecule has 8 heteroatoms. The van der Waals surface area contributed by atoms with Crippen molar-refractivity contribution in [3.05, 3.63) is 6.33 Å². The van der Waals surface area contributed by atoms with E-state index in [1.807, 2.05) is 0 Å². The summed E-state index contributed by atoms with van der Waals surface area (Å²) in [4.78, 5) is 27.2. The molecule has 1 aliphatic rings. The van der Waals surface area contributed by atoms with Gasteiger partial charge in [0, 0.05) is 6.04 Å². The van der Waals surface area contributed by atoms with Crippen LogP contribution in [0.3, 0.4) is 0 Å². The number of nitrogens with one attached hydrogen (secondary N) is 3. The van der Waals surface area contributed by atoms with Gasteiger partial charge in [0.25, 0.3) is 0 Å². The number of carbonyl (C=O) groups is 2. The van der Waals surface area contributed by atoms with Crippen LogP contribution in [0.2, 0.25) is 0 Å². The molecular weight excluding hydrogens is 278 g/mol. The summed E-state index contributed by atoms with van der Waals surface area (Å²) in [6.07, 6.45) is 5.82. The fraction of sp³-hybridized carbons (Fsp3) is 0.667. The number of urea groups is 1. The SMILES string of the molecule is C[C@@H]1CCCC[C@H]1NC(=O)NC(=O)CSc1ncn[nH]1. The Balaban J connectivity index is 1.69. The number of nitrogens with zero attached hydrogens (tertiary/aromatic N) is 2. The minimum atomic E-state index is -0.410. The molecule has 2 atom stereocenters. The molecule has 3 amide bonds. The van der Waals surface area contributed by atoms with Crippen LogP contribution in [-0.4, -0.2) is 38.9 Å². The molecule has 0 saturated heterocycles. The highest BCUT2D eigenvalue weighted by atomic mass is 32.2. The van der Waals surface area contributed by atoms with E-state index in [2.05, 4.69) is 32.7 Å². The van der Waals surface area contributed by atoms with Crippen molar-refractivity contribution in [3.8, 4) is 0 Å². The monoisotopic (exact) mass is 297 g/mol. The number of aromatic nitrogens is 3. The summed E-state index contributed by atoms with van der Waals surface area (Å²) in [6.45, 7) is 2.13. The summed E-state index contributed by atoms with van der Waals surface area (Å²) in [5, 5.41) is 12.1. The lowest BCUT2D eigenvalue weighted by Gasteiger charge is -2.29. The molecule has 0 aliphatic heterocycles. The quantitative estimate of drug-likeness (QED) is 0.727. The zero-order chi connectivity index (χ0) is 14.4. The molecule has 1 aromatic rings. The smallest absolute Gasteiger partial charge is 0.321 e. The van der Waals surface area contributed by atoms with Crippen LogP contribution in [0.4, 0.5) is 4.79 Å². The Kier molecular flexibility index (Phi) is 5.40. The Morgan fingerprint density at radius 1 is 1.45 bits per heavy atom. The lowest BCUT2D eigenvalue weighted by Crippen LogP contribution is -2.48. The number of rotatable bonds is 4. The molecule has 110 valence electrons. The highest BCUT2D eigenvalue weighted by Gasteiger charge is 2.23. The first-order valence-corrected chi connectivity index (χ1v) is 7.72. The van der Waals surface area contributed by atoms with E-state index in [0.29, 0.717) is 11.1 Å². The van der Waals surface area contributed by atoms with Crippen LogP contribution in [0, 0.1) is 5.92 Å². The summed E-state index contributed by atoms with van der Waals surface area (Å²) < 4.78 is 0. The van der Waals surface area contributed by atoms with E-state index in [9.17, 15) is 9.59 Å². The Bertz CT molecular complexity index is 451. The second-order valence-electron chi connectivity index (χ2n) is 4.97. The van der Waals surface area contributed by atoms with Crippen molar-refractivity contribution in [3.63, 3.8) is 0 Å². The first-order chi connectivity index (χ1) is 9.65. The molecule has 1 heterocycles. The van der Waals surface area contributed by atoms with Gasteiger partial charge in [-0.25, -0.2) is 9.78 Å². The number of aromatic amines is 1. The number of hydrogen-bond acceptors (Lipinski definition) is 5. The van der Waals surface area contributed by atoms with Crippen LogP contribution in [0.15, 0.2) is 11.5 Å². The Morgan fingerprint density at radius 2 is 2.25 bits per heavy atom. The Morgan fingerprint density at radius 3 is 2.95 bits per heavy atom. The number of amides is 3. The third-order valence-corrected chi connectivity index (χ3v) is 4.29. The van der Waals surface area contributed by atoms with Gasteiger partial charge >= 0.3 is 6.03 Å². The third-order valence-electron chi connectivity index (χ3n) is 3.41. The van der Waals surface area contributed by atoms with Crippen molar-refractivity contribution in [2.75, 3.05) is 5.75 Å². The van der Waals surface area contributed by atoms with Gasteiger partial charge in [-0.15, -0.1) is 0 Å². The molecule has 0 aromatic carbocycles. The normalized spacial score (nSPS) is 22.2. The van der Waals surface area contributed by atoms with Gasteiger partial charge in [-0.1, -0.05) is 31.5 Å². The molecule has 2 rings (SSSR count). The van der Waals surface area contributed by atoms with Crippen LogP contribution in [0.25, 0.3) is 0 Å². The molecule has 3 N–H and O–H groups in total. The molecule has 0 radical (unpaired) electrons.